The van der Waals surface area contributed by atoms with Crippen LogP contribution in [0.4, 0.5) is 10.1 Å². The molecular weight excluding hydrogens is 333 g/mol. The van der Waals surface area contributed by atoms with Crippen molar-refractivity contribution in [2.24, 2.45) is 4.99 Å². The molecule has 0 aliphatic rings. The second-order valence-corrected chi connectivity index (χ2v) is 5.67. The summed E-state index contributed by atoms with van der Waals surface area (Å²) in [4.78, 5) is 4.54. The van der Waals surface area contributed by atoms with E-state index in [1.165, 1.54) is 12.1 Å². The lowest BCUT2D eigenvalue weighted by Gasteiger charge is -2.13. The average Bonchev–Trinajstić information content (AvgIpc) is 2.65. The van der Waals surface area contributed by atoms with Gasteiger partial charge in [-0.2, -0.15) is 0 Å². The number of hydrogen-bond acceptors (Lipinski definition) is 3. The molecule has 0 aliphatic carbocycles. The lowest BCUT2D eigenvalue weighted by Crippen LogP contribution is -2.30. The molecule has 0 aromatic heterocycles. The van der Waals surface area contributed by atoms with Crippen molar-refractivity contribution < 1.29 is 13.9 Å². The number of nitrogens with one attached hydrogen (secondary N) is 2. The van der Waals surface area contributed by atoms with Crippen molar-refractivity contribution in [2.45, 2.75) is 19.9 Å². The van der Waals surface area contributed by atoms with Crippen molar-refractivity contribution in [3.8, 4) is 5.75 Å². The molecule has 26 heavy (non-hydrogen) atoms. The van der Waals surface area contributed by atoms with Crippen LogP contribution < -0.4 is 15.4 Å². The number of ether oxygens (including phenoxy) is 2. The highest BCUT2D eigenvalue weighted by Crippen LogP contribution is 2.17. The highest BCUT2D eigenvalue weighted by Gasteiger charge is 2.02. The van der Waals surface area contributed by atoms with Gasteiger partial charge in [-0.15, -0.1) is 0 Å². The fourth-order valence-corrected chi connectivity index (χ4v) is 2.26. The molecule has 0 bridgehead atoms. The number of hydrogen-bond donors (Lipinski definition) is 2. The Kier molecular flexibility index (Phi) is 8.42. The molecule has 2 aromatic carbocycles. The van der Waals surface area contributed by atoms with Crippen LogP contribution in [0.1, 0.15) is 18.9 Å². The quantitative estimate of drug-likeness (QED) is 0.406. The van der Waals surface area contributed by atoms with E-state index < -0.39 is 0 Å². The zero-order valence-corrected chi connectivity index (χ0v) is 15.3. The highest BCUT2D eigenvalue weighted by atomic mass is 19.1. The molecule has 2 rings (SSSR count). The van der Waals surface area contributed by atoms with Crippen LogP contribution in [0, 0.1) is 5.82 Å². The Bertz CT molecular complexity index is 690. The first-order valence-corrected chi connectivity index (χ1v) is 8.73. The minimum absolute atomic E-state index is 0.245. The Morgan fingerprint density at radius 3 is 2.65 bits per heavy atom. The largest absolute Gasteiger partial charge is 0.493 e. The Morgan fingerprint density at radius 2 is 1.92 bits per heavy atom. The van der Waals surface area contributed by atoms with E-state index in [0.29, 0.717) is 25.7 Å². The second kappa shape index (κ2) is 11.1. The molecule has 0 amide bonds. The van der Waals surface area contributed by atoms with E-state index >= 15 is 0 Å². The number of halogens is 1. The van der Waals surface area contributed by atoms with Gasteiger partial charge in [0.1, 0.15) is 11.6 Å². The third kappa shape index (κ3) is 7.11. The van der Waals surface area contributed by atoms with Crippen molar-refractivity contribution in [2.75, 3.05) is 32.2 Å². The van der Waals surface area contributed by atoms with Gasteiger partial charge in [0.05, 0.1) is 13.2 Å². The number of rotatable bonds is 9. The average molecular weight is 359 g/mol. The molecular formula is C20H26FN3O2. The molecule has 0 radical (unpaired) electrons. The summed E-state index contributed by atoms with van der Waals surface area (Å²) in [6, 6.07) is 14.1. The molecule has 0 heterocycles. The van der Waals surface area contributed by atoms with E-state index in [0.717, 1.165) is 30.0 Å². The molecule has 5 nitrogen and oxygen atoms in total. The number of methoxy groups -OCH3 is 1. The normalized spacial score (nSPS) is 11.3. The molecule has 2 N–H and O–H groups in total. The Morgan fingerprint density at radius 1 is 1.12 bits per heavy atom. The van der Waals surface area contributed by atoms with E-state index in [2.05, 4.69) is 15.6 Å². The van der Waals surface area contributed by atoms with Gasteiger partial charge in [0.2, 0.25) is 0 Å². The fourth-order valence-electron chi connectivity index (χ4n) is 2.26. The predicted octanol–water partition coefficient (Wildman–Crippen LogP) is 3.82. The monoisotopic (exact) mass is 359 g/mol. The van der Waals surface area contributed by atoms with Crippen molar-refractivity contribution in [3.63, 3.8) is 0 Å². The van der Waals surface area contributed by atoms with Crippen LogP contribution in [0.3, 0.4) is 0 Å². The number of anilines is 1. The van der Waals surface area contributed by atoms with Crippen LogP contribution >= 0.6 is 0 Å². The van der Waals surface area contributed by atoms with Crippen LogP contribution in [0.2, 0.25) is 0 Å². The van der Waals surface area contributed by atoms with Crippen molar-refractivity contribution in [1.82, 2.24) is 5.32 Å². The molecule has 0 fully saturated rings. The van der Waals surface area contributed by atoms with Gasteiger partial charge in [0, 0.05) is 38.4 Å². The fraction of sp³-hybridized carbons (Fsp3) is 0.350. The molecule has 0 aliphatic heterocycles. The zero-order chi connectivity index (χ0) is 18.6. The molecule has 0 saturated heterocycles. The summed E-state index contributed by atoms with van der Waals surface area (Å²) in [5, 5.41) is 6.46. The van der Waals surface area contributed by atoms with Gasteiger partial charge >= 0.3 is 0 Å². The summed E-state index contributed by atoms with van der Waals surface area (Å²) >= 11 is 0. The molecule has 0 saturated carbocycles. The van der Waals surface area contributed by atoms with Crippen LogP contribution in [0.15, 0.2) is 53.5 Å². The summed E-state index contributed by atoms with van der Waals surface area (Å²) in [6.45, 7) is 4.49. The molecule has 0 atom stereocenters. The second-order valence-electron chi connectivity index (χ2n) is 5.67. The Hall–Kier alpha value is -2.60. The first-order valence-electron chi connectivity index (χ1n) is 8.73. The standard InChI is InChI=1S/C20H26FN3O2/c1-3-22-20(23-15-16-8-10-17(21)11-9-16)24-18-6-4-7-19(14-18)26-13-5-12-25-2/h4,6-11,14H,3,5,12-13,15H2,1-2H3,(H2,22,23,24). The maximum Gasteiger partial charge on any atom is 0.196 e. The summed E-state index contributed by atoms with van der Waals surface area (Å²) < 4.78 is 23.7. The van der Waals surface area contributed by atoms with Crippen LogP contribution in [0.25, 0.3) is 0 Å². The first kappa shape index (κ1) is 19.7. The number of benzene rings is 2. The predicted molar refractivity (Wildman–Crippen MR) is 103 cm³/mol. The number of guanidine groups is 1. The summed E-state index contributed by atoms with van der Waals surface area (Å²) in [5.74, 6) is 1.21. The number of aliphatic imine (C=N–C) groups is 1. The van der Waals surface area contributed by atoms with Gasteiger partial charge in [0.15, 0.2) is 5.96 Å². The SMILES string of the molecule is CCNC(=NCc1ccc(F)cc1)Nc1cccc(OCCCOC)c1. The van der Waals surface area contributed by atoms with E-state index in [1.54, 1.807) is 19.2 Å². The Labute approximate surface area is 154 Å². The van der Waals surface area contributed by atoms with E-state index in [1.807, 2.05) is 31.2 Å². The van der Waals surface area contributed by atoms with Crippen molar-refractivity contribution >= 4 is 11.6 Å². The van der Waals surface area contributed by atoms with Crippen LogP contribution in [-0.4, -0.2) is 32.8 Å². The Balaban J connectivity index is 1.97. The smallest absolute Gasteiger partial charge is 0.196 e. The molecule has 6 heteroatoms. The van der Waals surface area contributed by atoms with Crippen LogP contribution in [0.5, 0.6) is 5.75 Å². The minimum Gasteiger partial charge on any atom is -0.493 e. The lowest BCUT2D eigenvalue weighted by molar-refractivity contribution is 0.172. The third-order valence-corrected chi connectivity index (χ3v) is 3.54. The zero-order valence-electron chi connectivity index (χ0n) is 15.3. The molecule has 2 aromatic rings. The first-order chi connectivity index (χ1) is 12.7. The summed E-state index contributed by atoms with van der Waals surface area (Å²) in [7, 11) is 1.68. The van der Waals surface area contributed by atoms with Gasteiger partial charge < -0.3 is 20.1 Å². The maximum atomic E-state index is 13.0. The maximum absolute atomic E-state index is 13.0. The van der Waals surface area contributed by atoms with Gasteiger partial charge in [-0.05, 0) is 36.8 Å². The third-order valence-electron chi connectivity index (χ3n) is 3.54. The van der Waals surface area contributed by atoms with E-state index in [9.17, 15) is 4.39 Å². The van der Waals surface area contributed by atoms with Gasteiger partial charge in [-0.25, -0.2) is 9.38 Å². The van der Waals surface area contributed by atoms with Gasteiger partial charge in [0.25, 0.3) is 0 Å². The molecule has 0 unspecified atom stereocenters. The van der Waals surface area contributed by atoms with Gasteiger partial charge in [-0.1, -0.05) is 18.2 Å². The van der Waals surface area contributed by atoms with E-state index in [-0.39, 0.29) is 5.82 Å². The van der Waals surface area contributed by atoms with E-state index in [4.69, 9.17) is 9.47 Å². The minimum atomic E-state index is -0.245. The summed E-state index contributed by atoms with van der Waals surface area (Å²) in [6.07, 6.45) is 0.843. The molecule has 0 spiro atoms. The molecule has 140 valence electrons. The van der Waals surface area contributed by atoms with Crippen molar-refractivity contribution in [1.29, 1.82) is 0 Å². The van der Waals surface area contributed by atoms with Crippen molar-refractivity contribution in [3.05, 3.63) is 59.9 Å². The topological polar surface area (TPSA) is 54.9 Å². The summed E-state index contributed by atoms with van der Waals surface area (Å²) in [5.41, 5.74) is 1.83. The van der Waals surface area contributed by atoms with Gasteiger partial charge in [-0.3, -0.25) is 0 Å². The number of nitrogens with zero attached hydrogens (tertiary/aromatic N) is 1. The highest BCUT2D eigenvalue weighted by molar-refractivity contribution is 5.93. The lowest BCUT2D eigenvalue weighted by atomic mass is 10.2. The van der Waals surface area contributed by atoms with Crippen LogP contribution in [-0.2, 0) is 11.3 Å².